The topological polar surface area (TPSA) is 84.3 Å². The van der Waals surface area contributed by atoms with Crippen LogP contribution in [0.3, 0.4) is 0 Å². The fourth-order valence-electron chi connectivity index (χ4n) is 4.83. The Kier molecular flexibility index (Phi) is 5.29. The molecular weight excluding hydrogens is 380 g/mol. The Morgan fingerprint density at radius 1 is 1.27 bits per heavy atom. The number of methoxy groups -OCH3 is 1. The van der Waals surface area contributed by atoms with Crippen molar-refractivity contribution in [3.8, 4) is 0 Å². The predicted octanol–water partition coefficient (Wildman–Crippen LogP) is 3.99. The molecule has 3 heterocycles. The van der Waals surface area contributed by atoms with Crippen LogP contribution in [-0.4, -0.2) is 46.2 Å². The molecule has 7 heteroatoms. The van der Waals surface area contributed by atoms with E-state index in [2.05, 4.69) is 27.3 Å². The highest BCUT2D eigenvalue weighted by atomic mass is 16.5. The van der Waals surface area contributed by atoms with Gasteiger partial charge in [-0.25, -0.2) is 0 Å². The van der Waals surface area contributed by atoms with Crippen molar-refractivity contribution in [1.29, 1.82) is 0 Å². The van der Waals surface area contributed by atoms with E-state index in [1.165, 1.54) is 29.5 Å². The summed E-state index contributed by atoms with van der Waals surface area (Å²) in [4.78, 5) is 23.5. The van der Waals surface area contributed by atoms with Crippen molar-refractivity contribution >= 4 is 16.8 Å². The van der Waals surface area contributed by atoms with Crippen molar-refractivity contribution in [2.24, 2.45) is 0 Å². The zero-order valence-electron chi connectivity index (χ0n) is 17.4. The molecule has 2 aliphatic rings. The molecule has 1 saturated heterocycles. The molecule has 1 aliphatic heterocycles. The summed E-state index contributed by atoms with van der Waals surface area (Å²) in [5, 5.41) is 5.27. The number of nitrogens with one attached hydrogen (secondary N) is 1. The number of fused-ring (bicyclic) bond motifs is 3. The number of likely N-dealkylation sites (tertiary alicyclic amines) is 1. The van der Waals surface area contributed by atoms with E-state index in [0.717, 1.165) is 43.2 Å². The maximum absolute atomic E-state index is 13.5. The van der Waals surface area contributed by atoms with Gasteiger partial charge in [0.1, 0.15) is 6.04 Å². The summed E-state index contributed by atoms with van der Waals surface area (Å²) in [5.74, 6) is 1.21. The molecule has 1 atom stereocenters. The Bertz CT molecular complexity index is 1050. The zero-order valence-corrected chi connectivity index (χ0v) is 17.4. The van der Waals surface area contributed by atoms with E-state index in [1.807, 2.05) is 11.0 Å². The van der Waals surface area contributed by atoms with Crippen molar-refractivity contribution in [3.05, 3.63) is 46.7 Å². The van der Waals surface area contributed by atoms with Gasteiger partial charge in [-0.1, -0.05) is 5.16 Å². The molecule has 1 N–H and O–H groups in total. The number of piperidine rings is 1. The molecule has 1 unspecified atom stereocenters. The molecule has 0 bridgehead atoms. The maximum Gasteiger partial charge on any atom is 0.254 e. The molecule has 2 aromatic heterocycles. The molecular formula is C23H28N4O3. The number of carbonyl (C=O) groups is 1. The fraction of sp³-hybridized carbons (Fsp3) is 0.522. The van der Waals surface area contributed by atoms with Gasteiger partial charge in [-0.3, -0.25) is 4.79 Å². The van der Waals surface area contributed by atoms with Gasteiger partial charge in [0, 0.05) is 42.2 Å². The summed E-state index contributed by atoms with van der Waals surface area (Å²) in [6.45, 7) is 1.26. The standard InChI is InChI=1S/C23H28N4O3/c1-29-13-11-21-25-22(30-26-21)20-8-4-5-12-27(20)23(28)15-9-10-19-17(14-15)16-6-2-3-7-18(16)24-19/h9-10,14,20,24H,2-8,11-13H2,1H3. The number of hydrogen-bond donors (Lipinski definition) is 1. The monoisotopic (exact) mass is 408 g/mol. The Hall–Kier alpha value is -2.67. The van der Waals surface area contributed by atoms with Gasteiger partial charge < -0.3 is 19.1 Å². The average molecular weight is 409 g/mol. The van der Waals surface area contributed by atoms with Crippen LogP contribution >= 0.6 is 0 Å². The predicted molar refractivity (Wildman–Crippen MR) is 112 cm³/mol. The molecule has 3 aromatic rings. The van der Waals surface area contributed by atoms with Gasteiger partial charge in [0.25, 0.3) is 5.91 Å². The molecule has 1 fully saturated rings. The second kappa shape index (κ2) is 8.22. The van der Waals surface area contributed by atoms with Crippen molar-refractivity contribution in [2.45, 2.75) is 57.4 Å². The minimum absolute atomic E-state index is 0.0454. The number of nitrogens with zero attached hydrogens (tertiary/aromatic N) is 3. The summed E-state index contributed by atoms with van der Waals surface area (Å²) in [6, 6.07) is 5.90. The molecule has 0 spiro atoms. The van der Waals surface area contributed by atoms with Gasteiger partial charge in [-0.15, -0.1) is 0 Å². The summed E-state index contributed by atoms with van der Waals surface area (Å²) in [7, 11) is 1.65. The number of amides is 1. The quantitative estimate of drug-likeness (QED) is 0.690. The first-order chi connectivity index (χ1) is 14.7. The SMILES string of the molecule is COCCc1noc(C2CCCCN2C(=O)c2ccc3[nH]c4c(c3c2)CCCC4)n1. The molecule has 0 saturated carbocycles. The van der Waals surface area contributed by atoms with Crippen molar-refractivity contribution in [1.82, 2.24) is 20.0 Å². The van der Waals surface area contributed by atoms with E-state index in [-0.39, 0.29) is 11.9 Å². The number of rotatable bonds is 5. The summed E-state index contributed by atoms with van der Waals surface area (Å²) in [6.07, 6.45) is 8.14. The van der Waals surface area contributed by atoms with E-state index >= 15 is 0 Å². The van der Waals surface area contributed by atoms with E-state index < -0.39 is 0 Å². The van der Waals surface area contributed by atoms with Crippen LogP contribution in [0.25, 0.3) is 10.9 Å². The molecule has 1 aromatic carbocycles. The van der Waals surface area contributed by atoms with E-state index in [1.54, 1.807) is 7.11 Å². The lowest BCUT2D eigenvalue weighted by atomic mass is 9.94. The Morgan fingerprint density at radius 3 is 3.07 bits per heavy atom. The highest BCUT2D eigenvalue weighted by Gasteiger charge is 2.33. The molecule has 1 amide bonds. The summed E-state index contributed by atoms with van der Waals surface area (Å²) >= 11 is 0. The van der Waals surface area contributed by atoms with Crippen molar-refractivity contribution in [3.63, 3.8) is 0 Å². The summed E-state index contributed by atoms with van der Waals surface area (Å²) < 4.78 is 10.6. The minimum atomic E-state index is -0.161. The smallest absolute Gasteiger partial charge is 0.254 e. The first-order valence-corrected chi connectivity index (χ1v) is 11.0. The van der Waals surface area contributed by atoms with Gasteiger partial charge in [0.2, 0.25) is 5.89 Å². The largest absolute Gasteiger partial charge is 0.384 e. The first-order valence-electron chi connectivity index (χ1n) is 11.0. The van der Waals surface area contributed by atoms with E-state index in [9.17, 15) is 4.79 Å². The number of aryl methyl sites for hydroxylation is 2. The summed E-state index contributed by atoms with van der Waals surface area (Å²) in [5.41, 5.74) is 4.60. The first kappa shape index (κ1) is 19.3. The van der Waals surface area contributed by atoms with Crippen molar-refractivity contribution in [2.75, 3.05) is 20.3 Å². The van der Waals surface area contributed by atoms with Crippen LogP contribution in [-0.2, 0) is 24.0 Å². The molecule has 5 rings (SSSR count). The van der Waals surface area contributed by atoms with Crippen LogP contribution < -0.4 is 0 Å². The van der Waals surface area contributed by atoms with Crippen LogP contribution in [0, 0.1) is 0 Å². The Morgan fingerprint density at radius 2 is 2.17 bits per heavy atom. The highest BCUT2D eigenvalue weighted by Crippen LogP contribution is 2.33. The van der Waals surface area contributed by atoms with E-state index in [0.29, 0.717) is 31.3 Å². The third kappa shape index (κ3) is 3.51. The van der Waals surface area contributed by atoms with Gasteiger partial charge in [-0.2, -0.15) is 4.98 Å². The molecule has 0 radical (unpaired) electrons. The van der Waals surface area contributed by atoms with Crippen LogP contribution in [0.4, 0.5) is 0 Å². The Balaban J connectivity index is 1.42. The number of ether oxygens (including phenoxy) is 1. The second-order valence-corrected chi connectivity index (χ2v) is 8.35. The van der Waals surface area contributed by atoms with Gasteiger partial charge in [0.15, 0.2) is 5.82 Å². The number of H-pyrrole nitrogens is 1. The maximum atomic E-state index is 13.5. The van der Waals surface area contributed by atoms with Gasteiger partial charge in [0.05, 0.1) is 6.61 Å². The number of aromatic amines is 1. The van der Waals surface area contributed by atoms with Crippen molar-refractivity contribution < 1.29 is 14.1 Å². The number of carbonyl (C=O) groups excluding carboxylic acids is 1. The third-order valence-corrected chi connectivity index (χ3v) is 6.41. The molecule has 158 valence electrons. The van der Waals surface area contributed by atoms with Crippen LogP contribution in [0.5, 0.6) is 0 Å². The molecule has 7 nitrogen and oxygen atoms in total. The van der Waals surface area contributed by atoms with Crippen LogP contribution in [0.1, 0.15) is 71.5 Å². The molecule has 1 aliphatic carbocycles. The highest BCUT2D eigenvalue weighted by molar-refractivity contribution is 5.99. The van der Waals surface area contributed by atoms with Crippen LogP contribution in [0.15, 0.2) is 22.7 Å². The second-order valence-electron chi connectivity index (χ2n) is 8.35. The van der Waals surface area contributed by atoms with Gasteiger partial charge >= 0.3 is 0 Å². The number of aromatic nitrogens is 3. The van der Waals surface area contributed by atoms with Crippen LogP contribution in [0.2, 0.25) is 0 Å². The third-order valence-electron chi connectivity index (χ3n) is 6.41. The lowest BCUT2D eigenvalue weighted by molar-refractivity contribution is 0.0561. The lowest BCUT2D eigenvalue weighted by Gasteiger charge is -2.33. The minimum Gasteiger partial charge on any atom is -0.384 e. The number of hydrogen-bond acceptors (Lipinski definition) is 5. The van der Waals surface area contributed by atoms with E-state index in [4.69, 9.17) is 9.26 Å². The fourth-order valence-corrected chi connectivity index (χ4v) is 4.83. The lowest BCUT2D eigenvalue weighted by Crippen LogP contribution is -2.38. The van der Waals surface area contributed by atoms with Gasteiger partial charge in [-0.05, 0) is 68.7 Å². The zero-order chi connectivity index (χ0) is 20.5. The average Bonchev–Trinajstić information content (AvgIpc) is 3.41. The number of benzene rings is 1. The molecule has 30 heavy (non-hydrogen) atoms. The normalized spacial score (nSPS) is 19.2. The Labute approximate surface area is 175 Å².